The zero-order chi connectivity index (χ0) is 26.0. The van der Waals surface area contributed by atoms with Crippen molar-refractivity contribution in [2.24, 2.45) is 5.92 Å². The van der Waals surface area contributed by atoms with Gasteiger partial charge in [0.05, 0.1) is 12.5 Å². The Hall–Kier alpha value is -2.96. The number of rotatable bonds is 13. The molecule has 0 spiro atoms. The lowest BCUT2D eigenvalue weighted by Crippen LogP contribution is -2.39. The van der Waals surface area contributed by atoms with Crippen molar-refractivity contribution in [3.05, 3.63) is 77.4 Å². The average molecular weight is 482 g/mol. The largest absolute Gasteiger partial charge is 0.478 e. The third kappa shape index (κ3) is 8.64. The summed E-state index contributed by atoms with van der Waals surface area (Å²) in [5.41, 5.74) is 2.74. The van der Waals surface area contributed by atoms with E-state index in [1.54, 1.807) is 32.1 Å². The van der Waals surface area contributed by atoms with Crippen molar-refractivity contribution in [1.29, 1.82) is 0 Å². The number of benzene rings is 2. The van der Waals surface area contributed by atoms with Crippen molar-refractivity contribution in [2.75, 3.05) is 6.54 Å². The SMILES string of the molecule is CC(C)C(=O)Oc1ccc(CO)cc1[C@H](CCN(C(C)C)C(C)C/C=C/C(=O)O)c1ccccc1. The molecule has 0 aliphatic carbocycles. The second kappa shape index (κ2) is 13.8. The number of aliphatic carboxylic acids is 1. The predicted octanol–water partition coefficient (Wildman–Crippen LogP) is 5.39. The molecule has 0 fully saturated rings. The molecule has 2 rings (SSSR count). The Bertz CT molecular complexity index is 984. The third-order valence-corrected chi connectivity index (χ3v) is 6.16. The first kappa shape index (κ1) is 28.3. The summed E-state index contributed by atoms with van der Waals surface area (Å²) in [4.78, 5) is 25.7. The second-order valence-electron chi connectivity index (χ2n) is 9.51. The fraction of sp³-hybridized carbons (Fsp3) is 0.448. The Labute approximate surface area is 209 Å². The number of carboxylic acid groups (broad SMARTS) is 1. The molecular formula is C29H39NO5. The molecule has 0 aliphatic rings. The van der Waals surface area contributed by atoms with Crippen LogP contribution in [-0.4, -0.2) is 45.7 Å². The molecule has 190 valence electrons. The molecule has 0 radical (unpaired) electrons. The van der Waals surface area contributed by atoms with Gasteiger partial charge in [-0.15, -0.1) is 0 Å². The van der Waals surface area contributed by atoms with Gasteiger partial charge in [-0.25, -0.2) is 4.79 Å². The van der Waals surface area contributed by atoms with E-state index < -0.39 is 5.97 Å². The number of carbonyl (C=O) groups excluding carboxylic acids is 1. The standard InChI is InChI=1S/C29H39NO5/c1-20(2)29(34)35-27-15-14-23(19-31)18-26(27)25(24-11-7-6-8-12-24)16-17-30(21(3)4)22(5)10-9-13-28(32)33/h6-9,11-15,18,20-22,25,31H,10,16-17,19H2,1-5H3,(H,32,33)/b13-9+/t22?,25-/m1/s1. The maximum Gasteiger partial charge on any atom is 0.327 e. The molecular weight excluding hydrogens is 442 g/mol. The molecule has 6 nitrogen and oxygen atoms in total. The number of hydrogen-bond acceptors (Lipinski definition) is 5. The summed E-state index contributed by atoms with van der Waals surface area (Å²) in [7, 11) is 0. The van der Waals surface area contributed by atoms with Crippen LogP contribution in [0.3, 0.4) is 0 Å². The normalized spacial score (nSPS) is 13.5. The number of carboxylic acids is 1. The monoisotopic (exact) mass is 481 g/mol. The lowest BCUT2D eigenvalue weighted by atomic mass is 9.86. The van der Waals surface area contributed by atoms with Crippen LogP contribution in [0.25, 0.3) is 0 Å². The van der Waals surface area contributed by atoms with E-state index >= 15 is 0 Å². The molecule has 6 heteroatoms. The summed E-state index contributed by atoms with van der Waals surface area (Å²) in [6, 6.07) is 16.0. The van der Waals surface area contributed by atoms with Crippen molar-refractivity contribution in [3.8, 4) is 5.75 Å². The summed E-state index contributed by atoms with van der Waals surface area (Å²) < 4.78 is 5.79. The van der Waals surface area contributed by atoms with Crippen LogP contribution in [0, 0.1) is 5.92 Å². The van der Waals surface area contributed by atoms with Crippen LogP contribution in [0.15, 0.2) is 60.7 Å². The third-order valence-electron chi connectivity index (χ3n) is 6.16. The molecule has 2 N–H and O–H groups in total. The molecule has 1 unspecified atom stereocenters. The minimum Gasteiger partial charge on any atom is -0.478 e. The summed E-state index contributed by atoms with van der Waals surface area (Å²) in [5.74, 6) is -1.03. The highest BCUT2D eigenvalue weighted by atomic mass is 16.5. The van der Waals surface area contributed by atoms with Crippen LogP contribution in [0.2, 0.25) is 0 Å². The number of ether oxygens (including phenoxy) is 1. The van der Waals surface area contributed by atoms with E-state index in [-0.39, 0.29) is 36.5 Å². The Balaban J connectivity index is 2.41. The van der Waals surface area contributed by atoms with Gasteiger partial charge >= 0.3 is 11.9 Å². The van der Waals surface area contributed by atoms with E-state index in [2.05, 4.69) is 37.8 Å². The molecule has 0 bridgehead atoms. The first-order valence-corrected chi connectivity index (χ1v) is 12.3. The summed E-state index contributed by atoms with van der Waals surface area (Å²) in [6.45, 7) is 10.7. The molecule has 0 heterocycles. The number of aliphatic hydroxyl groups excluding tert-OH is 1. The van der Waals surface area contributed by atoms with Crippen LogP contribution in [0.5, 0.6) is 5.75 Å². The predicted molar refractivity (Wildman–Crippen MR) is 138 cm³/mol. The minimum atomic E-state index is -0.940. The minimum absolute atomic E-state index is 0.0549. The molecule has 0 aliphatic heterocycles. The topological polar surface area (TPSA) is 87.1 Å². The maximum absolute atomic E-state index is 12.4. The maximum atomic E-state index is 12.4. The van der Waals surface area contributed by atoms with E-state index in [0.717, 1.165) is 29.7 Å². The van der Waals surface area contributed by atoms with E-state index in [1.165, 1.54) is 6.08 Å². The highest BCUT2D eigenvalue weighted by molar-refractivity contribution is 5.79. The number of aliphatic hydroxyl groups is 1. The van der Waals surface area contributed by atoms with Crippen LogP contribution >= 0.6 is 0 Å². The molecule has 2 aromatic rings. The zero-order valence-electron chi connectivity index (χ0n) is 21.5. The second-order valence-corrected chi connectivity index (χ2v) is 9.51. The van der Waals surface area contributed by atoms with Crippen molar-refractivity contribution in [2.45, 2.75) is 72.1 Å². The van der Waals surface area contributed by atoms with Gasteiger partial charge in [0.2, 0.25) is 0 Å². The van der Waals surface area contributed by atoms with Crippen molar-refractivity contribution >= 4 is 11.9 Å². The van der Waals surface area contributed by atoms with E-state index in [1.807, 2.05) is 24.3 Å². The molecule has 0 saturated heterocycles. The smallest absolute Gasteiger partial charge is 0.327 e. The lowest BCUT2D eigenvalue weighted by Gasteiger charge is -2.34. The Morgan fingerprint density at radius 2 is 1.71 bits per heavy atom. The van der Waals surface area contributed by atoms with Gasteiger partial charge in [-0.1, -0.05) is 56.3 Å². The number of carbonyl (C=O) groups is 2. The van der Waals surface area contributed by atoms with Crippen LogP contribution in [0.1, 0.15) is 70.1 Å². The van der Waals surface area contributed by atoms with Gasteiger partial charge in [-0.3, -0.25) is 9.69 Å². The lowest BCUT2D eigenvalue weighted by molar-refractivity contribution is -0.137. The molecule has 0 amide bonds. The Morgan fingerprint density at radius 1 is 1.03 bits per heavy atom. The molecule has 35 heavy (non-hydrogen) atoms. The van der Waals surface area contributed by atoms with Gasteiger partial charge in [0.25, 0.3) is 0 Å². The molecule has 0 saturated carbocycles. The average Bonchev–Trinajstić information content (AvgIpc) is 2.82. The quantitative estimate of drug-likeness (QED) is 0.227. The zero-order valence-corrected chi connectivity index (χ0v) is 21.5. The fourth-order valence-electron chi connectivity index (χ4n) is 4.24. The van der Waals surface area contributed by atoms with Crippen LogP contribution in [0.4, 0.5) is 0 Å². The fourth-order valence-corrected chi connectivity index (χ4v) is 4.24. The van der Waals surface area contributed by atoms with Crippen LogP contribution < -0.4 is 4.74 Å². The Kier molecular flexibility index (Phi) is 11.2. The first-order valence-electron chi connectivity index (χ1n) is 12.3. The van der Waals surface area contributed by atoms with Gasteiger partial charge in [-0.2, -0.15) is 0 Å². The van der Waals surface area contributed by atoms with Crippen LogP contribution in [-0.2, 0) is 16.2 Å². The first-order chi connectivity index (χ1) is 16.6. The number of hydrogen-bond donors (Lipinski definition) is 2. The van der Waals surface area contributed by atoms with Gasteiger partial charge < -0.3 is 14.9 Å². The molecule has 2 aromatic carbocycles. The van der Waals surface area contributed by atoms with Crippen molar-refractivity contribution in [3.63, 3.8) is 0 Å². The highest BCUT2D eigenvalue weighted by Gasteiger charge is 2.24. The van der Waals surface area contributed by atoms with E-state index in [9.17, 15) is 14.7 Å². The van der Waals surface area contributed by atoms with Gasteiger partial charge in [-0.05, 0) is 63.4 Å². The number of esters is 1. The molecule has 0 aromatic heterocycles. The Morgan fingerprint density at radius 3 is 2.29 bits per heavy atom. The summed E-state index contributed by atoms with van der Waals surface area (Å²) in [6.07, 6.45) is 4.29. The highest BCUT2D eigenvalue weighted by Crippen LogP contribution is 2.36. The molecule has 2 atom stereocenters. The van der Waals surface area contributed by atoms with Crippen molar-refractivity contribution < 1.29 is 24.5 Å². The van der Waals surface area contributed by atoms with E-state index in [0.29, 0.717) is 12.2 Å². The van der Waals surface area contributed by atoms with Gasteiger partial charge in [0.15, 0.2) is 0 Å². The van der Waals surface area contributed by atoms with Gasteiger partial charge in [0, 0.05) is 29.6 Å². The van der Waals surface area contributed by atoms with Crippen molar-refractivity contribution in [1.82, 2.24) is 4.90 Å². The van der Waals surface area contributed by atoms with Gasteiger partial charge in [0.1, 0.15) is 5.75 Å². The summed E-state index contributed by atoms with van der Waals surface area (Å²) in [5, 5.41) is 18.7. The van der Waals surface area contributed by atoms with E-state index in [4.69, 9.17) is 9.84 Å². The number of nitrogens with zero attached hydrogens (tertiary/aromatic N) is 1. The summed E-state index contributed by atoms with van der Waals surface area (Å²) >= 11 is 0.